The summed E-state index contributed by atoms with van der Waals surface area (Å²) in [6.45, 7) is 0.0668. The zero-order valence-electron chi connectivity index (χ0n) is 17.0. The first-order valence-corrected chi connectivity index (χ1v) is 9.95. The van der Waals surface area contributed by atoms with Crippen molar-refractivity contribution in [2.24, 2.45) is 0 Å². The molecule has 0 aliphatic heterocycles. The van der Waals surface area contributed by atoms with E-state index in [4.69, 9.17) is 9.47 Å². The van der Waals surface area contributed by atoms with Crippen molar-refractivity contribution < 1.29 is 23.9 Å². The van der Waals surface area contributed by atoms with Gasteiger partial charge in [0.1, 0.15) is 5.75 Å². The minimum absolute atomic E-state index is 0.171. The third-order valence-electron chi connectivity index (χ3n) is 4.40. The molecule has 0 spiro atoms. The summed E-state index contributed by atoms with van der Waals surface area (Å²) in [5.41, 5.74) is 1.52. The lowest BCUT2D eigenvalue weighted by Crippen LogP contribution is -2.15. The molecule has 6 heteroatoms. The SMILES string of the molecule is O=C(CCCOc1ccccc1)OCC(=O)c1ccc(NC(=O)c2ccccc2)cc1. The number of benzene rings is 3. The molecule has 0 aromatic heterocycles. The minimum Gasteiger partial charge on any atom is -0.494 e. The highest BCUT2D eigenvalue weighted by molar-refractivity contribution is 6.04. The molecule has 0 fully saturated rings. The highest BCUT2D eigenvalue weighted by Gasteiger charge is 2.11. The second-order valence-corrected chi connectivity index (χ2v) is 6.75. The van der Waals surface area contributed by atoms with Gasteiger partial charge in [-0.3, -0.25) is 14.4 Å². The van der Waals surface area contributed by atoms with E-state index < -0.39 is 5.97 Å². The van der Waals surface area contributed by atoms with Gasteiger partial charge in [0.25, 0.3) is 5.91 Å². The van der Waals surface area contributed by atoms with Crippen LogP contribution in [0.25, 0.3) is 0 Å². The fourth-order valence-corrected chi connectivity index (χ4v) is 2.76. The highest BCUT2D eigenvalue weighted by atomic mass is 16.5. The van der Waals surface area contributed by atoms with Crippen LogP contribution in [-0.2, 0) is 9.53 Å². The van der Waals surface area contributed by atoms with E-state index in [2.05, 4.69) is 5.32 Å². The van der Waals surface area contributed by atoms with E-state index in [0.717, 1.165) is 5.75 Å². The lowest BCUT2D eigenvalue weighted by molar-refractivity contribution is -0.142. The smallest absolute Gasteiger partial charge is 0.306 e. The van der Waals surface area contributed by atoms with Crippen molar-refractivity contribution in [3.05, 3.63) is 96.1 Å². The predicted molar refractivity (Wildman–Crippen MR) is 117 cm³/mol. The average molecular weight is 417 g/mol. The number of hydrogen-bond acceptors (Lipinski definition) is 5. The van der Waals surface area contributed by atoms with Crippen LogP contribution in [0.2, 0.25) is 0 Å². The summed E-state index contributed by atoms with van der Waals surface area (Å²) in [6.07, 6.45) is 0.669. The maximum absolute atomic E-state index is 12.2. The molecule has 0 unspecified atom stereocenters. The van der Waals surface area contributed by atoms with Gasteiger partial charge in [-0.15, -0.1) is 0 Å². The summed E-state index contributed by atoms with van der Waals surface area (Å²) < 4.78 is 10.6. The maximum atomic E-state index is 12.2. The van der Waals surface area contributed by atoms with Crippen LogP contribution in [0.1, 0.15) is 33.6 Å². The molecular formula is C25H23NO5. The molecule has 3 aromatic rings. The Morgan fingerprint density at radius 3 is 2.06 bits per heavy atom. The molecule has 0 saturated heterocycles. The van der Waals surface area contributed by atoms with E-state index in [1.54, 1.807) is 48.5 Å². The van der Waals surface area contributed by atoms with Crippen LogP contribution in [0.4, 0.5) is 5.69 Å². The molecule has 0 aliphatic rings. The zero-order chi connectivity index (χ0) is 21.9. The quantitative estimate of drug-likeness (QED) is 0.298. The third-order valence-corrected chi connectivity index (χ3v) is 4.40. The standard InChI is InChI=1S/C25H23NO5/c27-23(18-31-24(28)12-7-17-30-22-10-5-2-6-11-22)19-13-15-21(16-14-19)26-25(29)20-8-3-1-4-9-20/h1-6,8-11,13-16H,7,12,17-18H2,(H,26,29). The second kappa shape index (κ2) is 11.3. The van der Waals surface area contributed by atoms with Crippen LogP contribution < -0.4 is 10.1 Å². The largest absolute Gasteiger partial charge is 0.494 e. The van der Waals surface area contributed by atoms with Gasteiger partial charge in [0.15, 0.2) is 12.4 Å². The molecule has 0 bridgehead atoms. The summed E-state index contributed by atoms with van der Waals surface area (Å²) in [5.74, 6) is -0.245. The monoisotopic (exact) mass is 417 g/mol. The molecule has 158 valence electrons. The summed E-state index contributed by atoms with van der Waals surface area (Å²) >= 11 is 0. The van der Waals surface area contributed by atoms with Gasteiger partial charge in [-0.1, -0.05) is 36.4 Å². The van der Waals surface area contributed by atoms with E-state index in [1.165, 1.54) is 0 Å². The van der Waals surface area contributed by atoms with E-state index in [1.807, 2.05) is 36.4 Å². The van der Waals surface area contributed by atoms with Crippen molar-refractivity contribution >= 4 is 23.3 Å². The van der Waals surface area contributed by atoms with Crippen molar-refractivity contribution in [3.8, 4) is 5.75 Å². The Kier molecular flexibility index (Phi) is 7.94. The normalized spacial score (nSPS) is 10.2. The number of hydrogen-bond donors (Lipinski definition) is 1. The molecule has 0 atom stereocenters. The molecule has 0 saturated carbocycles. The summed E-state index contributed by atoms with van der Waals surface area (Å²) in [4.78, 5) is 36.2. The van der Waals surface area contributed by atoms with E-state index >= 15 is 0 Å². The Hall–Kier alpha value is -3.93. The molecule has 3 rings (SSSR count). The number of carbonyl (C=O) groups is 3. The number of rotatable bonds is 10. The van der Waals surface area contributed by atoms with Crippen molar-refractivity contribution in [3.63, 3.8) is 0 Å². The number of esters is 1. The summed E-state index contributed by atoms with van der Waals surface area (Å²) in [6, 6.07) is 24.6. The number of nitrogens with one attached hydrogen (secondary N) is 1. The first kappa shape index (κ1) is 21.8. The number of ketones is 1. The molecule has 31 heavy (non-hydrogen) atoms. The van der Waals surface area contributed by atoms with Crippen LogP contribution in [0, 0.1) is 0 Å². The number of ether oxygens (including phenoxy) is 2. The van der Waals surface area contributed by atoms with E-state index in [-0.39, 0.29) is 24.7 Å². The number of para-hydroxylation sites is 1. The first-order valence-electron chi connectivity index (χ1n) is 9.95. The van der Waals surface area contributed by atoms with Gasteiger partial charge in [0.2, 0.25) is 0 Å². The Morgan fingerprint density at radius 1 is 0.742 bits per heavy atom. The fourth-order valence-electron chi connectivity index (χ4n) is 2.76. The van der Waals surface area contributed by atoms with Crippen LogP contribution in [0.5, 0.6) is 5.75 Å². The lowest BCUT2D eigenvalue weighted by atomic mass is 10.1. The van der Waals surface area contributed by atoms with Gasteiger partial charge in [-0.25, -0.2) is 0 Å². The first-order chi connectivity index (χ1) is 15.1. The van der Waals surface area contributed by atoms with Crippen molar-refractivity contribution in [1.29, 1.82) is 0 Å². The van der Waals surface area contributed by atoms with E-state index in [9.17, 15) is 14.4 Å². The topological polar surface area (TPSA) is 81.7 Å². The van der Waals surface area contributed by atoms with Gasteiger partial charge in [-0.05, 0) is 55.0 Å². The molecule has 1 N–H and O–H groups in total. The van der Waals surface area contributed by atoms with Crippen LogP contribution in [0.3, 0.4) is 0 Å². The molecule has 0 heterocycles. The van der Waals surface area contributed by atoms with E-state index in [0.29, 0.717) is 29.8 Å². The van der Waals surface area contributed by atoms with Crippen LogP contribution >= 0.6 is 0 Å². The molecule has 0 aliphatic carbocycles. The molecule has 6 nitrogen and oxygen atoms in total. The molecule has 3 aromatic carbocycles. The maximum Gasteiger partial charge on any atom is 0.306 e. The van der Waals surface area contributed by atoms with Gasteiger partial charge in [0, 0.05) is 23.2 Å². The number of carbonyl (C=O) groups excluding carboxylic acids is 3. The lowest BCUT2D eigenvalue weighted by Gasteiger charge is -2.08. The Bertz CT molecular complexity index is 1000. The minimum atomic E-state index is -0.447. The predicted octanol–water partition coefficient (Wildman–Crippen LogP) is 4.52. The van der Waals surface area contributed by atoms with Crippen molar-refractivity contribution in [1.82, 2.24) is 0 Å². The number of amides is 1. The summed E-state index contributed by atoms with van der Waals surface area (Å²) in [7, 11) is 0. The van der Waals surface area contributed by atoms with Gasteiger partial charge >= 0.3 is 5.97 Å². The van der Waals surface area contributed by atoms with Gasteiger partial charge < -0.3 is 14.8 Å². The molecule has 0 radical (unpaired) electrons. The highest BCUT2D eigenvalue weighted by Crippen LogP contribution is 2.13. The average Bonchev–Trinajstić information content (AvgIpc) is 2.82. The molecular weight excluding hydrogens is 394 g/mol. The second-order valence-electron chi connectivity index (χ2n) is 6.75. The Labute approximate surface area is 180 Å². The van der Waals surface area contributed by atoms with Gasteiger partial charge in [-0.2, -0.15) is 0 Å². The van der Waals surface area contributed by atoms with Gasteiger partial charge in [0.05, 0.1) is 6.61 Å². The third kappa shape index (κ3) is 7.12. The number of Topliss-reactive ketones (excluding diaryl/α,β-unsaturated/α-hetero) is 1. The number of anilines is 1. The van der Waals surface area contributed by atoms with Crippen molar-refractivity contribution in [2.75, 3.05) is 18.5 Å². The Morgan fingerprint density at radius 2 is 1.39 bits per heavy atom. The summed E-state index contributed by atoms with van der Waals surface area (Å²) in [5, 5.41) is 2.77. The van der Waals surface area contributed by atoms with Crippen LogP contribution in [0.15, 0.2) is 84.9 Å². The van der Waals surface area contributed by atoms with Crippen LogP contribution in [-0.4, -0.2) is 30.9 Å². The molecule has 1 amide bonds. The Balaban J connectivity index is 1.38. The zero-order valence-corrected chi connectivity index (χ0v) is 17.0. The van der Waals surface area contributed by atoms with Crippen molar-refractivity contribution in [2.45, 2.75) is 12.8 Å². The fraction of sp³-hybridized carbons (Fsp3) is 0.160.